The van der Waals surface area contributed by atoms with Gasteiger partial charge in [-0.2, -0.15) is 0 Å². The lowest BCUT2D eigenvalue weighted by molar-refractivity contribution is 0.0491. The Labute approximate surface area is 120 Å². The van der Waals surface area contributed by atoms with Crippen LogP contribution in [-0.2, 0) is 4.74 Å². The predicted octanol–water partition coefficient (Wildman–Crippen LogP) is 4.71. The molecule has 19 heavy (non-hydrogen) atoms. The fraction of sp³-hybridized carbons (Fsp3) is 0.562. The zero-order chi connectivity index (χ0) is 13.9. The lowest BCUT2D eigenvalue weighted by Crippen LogP contribution is -2.08. The van der Waals surface area contributed by atoms with Crippen molar-refractivity contribution in [2.75, 3.05) is 6.61 Å². The maximum absolute atomic E-state index is 11.8. The standard InChI is InChI=1S/C16H21ClO2/c1-3-13-11-16(13,2)8-5-9-19-15(18)12-6-4-7-14(17)10-12/h4,6-7,10,13H,3,5,8-9,11H2,1-2H3. The fourth-order valence-electron chi connectivity index (χ4n) is 2.79. The summed E-state index contributed by atoms with van der Waals surface area (Å²) < 4.78 is 5.28. The van der Waals surface area contributed by atoms with Gasteiger partial charge >= 0.3 is 5.97 Å². The Kier molecular flexibility index (Phi) is 4.51. The zero-order valence-electron chi connectivity index (χ0n) is 11.6. The Morgan fingerprint density at radius 1 is 1.53 bits per heavy atom. The molecule has 3 heteroatoms. The summed E-state index contributed by atoms with van der Waals surface area (Å²) in [5, 5.41) is 0.561. The van der Waals surface area contributed by atoms with Crippen LogP contribution in [0, 0.1) is 11.3 Å². The third-order valence-electron chi connectivity index (χ3n) is 4.22. The molecule has 0 spiro atoms. The minimum atomic E-state index is -0.282. The van der Waals surface area contributed by atoms with Gasteiger partial charge in [-0.15, -0.1) is 0 Å². The van der Waals surface area contributed by atoms with Crippen LogP contribution < -0.4 is 0 Å². The first-order valence-electron chi connectivity index (χ1n) is 6.98. The van der Waals surface area contributed by atoms with Gasteiger partial charge in [0, 0.05) is 5.02 Å². The van der Waals surface area contributed by atoms with Crippen molar-refractivity contribution < 1.29 is 9.53 Å². The van der Waals surface area contributed by atoms with Crippen molar-refractivity contribution in [2.24, 2.45) is 11.3 Å². The predicted molar refractivity (Wildman–Crippen MR) is 77.5 cm³/mol. The average Bonchev–Trinajstić information content (AvgIpc) is 3.06. The summed E-state index contributed by atoms with van der Waals surface area (Å²) in [5.41, 5.74) is 1.02. The van der Waals surface area contributed by atoms with E-state index in [2.05, 4.69) is 13.8 Å². The Morgan fingerprint density at radius 3 is 2.95 bits per heavy atom. The van der Waals surface area contributed by atoms with Crippen molar-refractivity contribution in [3.05, 3.63) is 34.9 Å². The maximum atomic E-state index is 11.8. The van der Waals surface area contributed by atoms with E-state index in [1.807, 2.05) is 0 Å². The SMILES string of the molecule is CCC1CC1(C)CCCOC(=O)c1cccc(Cl)c1. The van der Waals surface area contributed by atoms with Gasteiger partial charge in [0.15, 0.2) is 0 Å². The normalized spacial score (nSPS) is 25.1. The number of esters is 1. The van der Waals surface area contributed by atoms with E-state index >= 15 is 0 Å². The number of rotatable bonds is 6. The van der Waals surface area contributed by atoms with Gasteiger partial charge in [0.05, 0.1) is 12.2 Å². The number of hydrogen-bond acceptors (Lipinski definition) is 2. The molecular formula is C16H21ClO2. The van der Waals surface area contributed by atoms with Crippen molar-refractivity contribution in [1.82, 2.24) is 0 Å². The Morgan fingerprint density at radius 2 is 2.32 bits per heavy atom. The highest BCUT2D eigenvalue weighted by Gasteiger charge is 2.47. The Hall–Kier alpha value is -1.02. The second-order valence-corrected chi connectivity index (χ2v) is 6.15. The minimum Gasteiger partial charge on any atom is -0.462 e. The summed E-state index contributed by atoms with van der Waals surface area (Å²) in [6, 6.07) is 6.87. The molecule has 104 valence electrons. The Bertz CT molecular complexity index is 458. The zero-order valence-corrected chi connectivity index (χ0v) is 12.4. The molecule has 2 rings (SSSR count). The highest BCUT2D eigenvalue weighted by Crippen LogP contribution is 2.57. The molecule has 0 radical (unpaired) electrons. The van der Waals surface area contributed by atoms with Crippen LogP contribution in [-0.4, -0.2) is 12.6 Å². The Balaban J connectivity index is 1.70. The van der Waals surface area contributed by atoms with Gasteiger partial charge in [-0.05, 0) is 48.8 Å². The summed E-state index contributed by atoms with van der Waals surface area (Å²) in [6.45, 7) is 5.08. The van der Waals surface area contributed by atoms with Gasteiger partial charge < -0.3 is 4.74 Å². The molecule has 1 aliphatic rings. The third kappa shape index (κ3) is 3.73. The summed E-state index contributed by atoms with van der Waals surface area (Å²) in [6.07, 6.45) is 4.68. The molecule has 1 aromatic rings. The molecule has 0 bridgehead atoms. The minimum absolute atomic E-state index is 0.282. The van der Waals surface area contributed by atoms with Gasteiger partial charge in [0.1, 0.15) is 0 Å². The van der Waals surface area contributed by atoms with E-state index in [0.29, 0.717) is 22.6 Å². The molecule has 0 aromatic heterocycles. The molecule has 2 atom stereocenters. The van der Waals surface area contributed by atoms with E-state index in [1.165, 1.54) is 12.8 Å². The second-order valence-electron chi connectivity index (χ2n) is 5.71. The molecule has 0 heterocycles. The van der Waals surface area contributed by atoms with Crippen molar-refractivity contribution >= 4 is 17.6 Å². The van der Waals surface area contributed by atoms with E-state index in [4.69, 9.17) is 16.3 Å². The van der Waals surface area contributed by atoms with E-state index in [-0.39, 0.29) is 5.97 Å². The van der Waals surface area contributed by atoms with E-state index in [1.54, 1.807) is 24.3 Å². The second kappa shape index (κ2) is 5.96. The fourth-order valence-corrected chi connectivity index (χ4v) is 2.98. The van der Waals surface area contributed by atoms with Crippen molar-refractivity contribution in [3.63, 3.8) is 0 Å². The molecule has 2 unspecified atom stereocenters. The average molecular weight is 281 g/mol. The van der Waals surface area contributed by atoms with Crippen LogP contribution in [0.25, 0.3) is 0 Å². The van der Waals surface area contributed by atoms with Crippen LogP contribution >= 0.6 is 11.6 Å². The largest absolute Gasteiger partial charge is 0.462 e. The first-order chi connectivity index (χ1) is 9.05. The van der Waals surface area contributed by atoms with Gasteiger partial charge in [0.25, 0.3) is 0 Å². The topological polar surface area (TPSA) is 26.3 Å². The van der Waals surface area contributed by atoms with E-state index in [9.17, 15) is 4.79 Å². The third-order valence-corrected chi connectivity index (χ3v) is 4.45. The number of ether oxygens (including phenoxy) is 1. The van der Waals surface area contributed by atoms with Crippen molar-refractivity contribution in [1.29, 1.82) is 0 Å². The molecule has 0 saturated heterocycles. The molecule has 2 nitrogen and oxygen atoms in total. The van der Waals surface area contributed by atoms with Crippen LogP contribution in [0.2, 0.25) is 5.02 Å². The van der Waals surface area contributed by atoms with Crippen LogP contribution in [0.1, 0.15) is 49.9 Å². The van der Waals surface area contributed by atoms with Crippen molar-refractivity contribution in [3.8, 4) is 0 Å². The highest BCUT2D eigenvalue weighted by molar-refractivity contribution is 6.30. The lowest BCUT2D eigenvalue weighted by Gasteiger charge is -2.10. The first-order valence-corrected chi connectivity index (χ1v) is 7.35. The van der Waals surface area contributed by atoms with E-state index < -0.39 is 0 Å². The number of halogens is 1. The molecule has 0 amide bonds. The van der Waals surface area contributed by atoms with Gasteiger partial charge in [-0.3, -0.25) is 0 Å². The van der Waals surface area contributed by atoms with Gasteiger partial charge in [-0.25, -0.2) is 4.79 Å². The number of carbonyl (C=O) groups is 1. The number of benzene rings is 1. The number of hydrogen-bond donors (Lipinski definition) is 0. The molecule has 1 saturated carbocycles. The summed E-state index contributed by atoms with van der Waals surface area (Å²) in [7, 11) is 0. The van der Waals surface area contributed by atoms with Crippen LogP contribution in [0.5, 0.6) is 0 Å². The summed E-state index contributed by atoms with van der Waals surface area (Å²) in [5.74, 6) is 0.589. The highest BCUT2D eigenvalue weighted by atomic mass is 35.5. The van der Waals surface area contributed by atoms with Gasteiger partial charge in [0.2, 0.25) is 0 Å². The molecule has 1 aliphatic carbocycles. The molecular weight excluding hydrogens is 260 g/mol. The van der Waals surface area contributed by atoms with Gasteiger partial charge in [-0.1, -0.05) is 37.9 Å². The number of carbonyl (C=O) groups excluding carboxylic acids is 1. The van der Waals surface area contributed by atoms with Crippen LogP contribution in [0.15, 0.2) is 24.3 Å². The monoisotopic (exact) mass is 280 g/mol. The smallest absolute Gasteiger partial charge is 0.338 e. The molecule has 0 aliphatic heterocycles. The quantitative estimate of drug-likeness (QED) is 0.557. The maximum Gasteiger partial charge on any atom is 0.338 e. The summed E-state index contributed by atoms with van der Waals surface area (Å²) in [4.78, 5) is 11.8. The first kappa shape index (κ1) is 14.4. The lowest BCUT2D eigenvalue weighted by atomic mass is 9.99. The van der Waals surface area contributed by atoms with E-state index in [0.717, 1.165) is 18.8 Å². The summed E-state index contributed by atoms with van der Waals surface area (Å²) >= 11 is 5.84. The van der Waals surface area contributed by atoms with Crippen LogP contribution in [0.4, 0.5) is 0 Å². The van der Waals surface area contributed by atoms with Crippen molar-refractivity contribution in [2.45, 2.75) is 39.5 Å². The molecule has 0 N–H and O–H groups in total. The molecule has 1 fully saturated rings. The molecule has 1 aromatic carbocycles. The van der Waals surface area contributed by atoms with Crippen LogP contribution in [0.3, 0.4) is 0 Å².